The van der Waals surface area contributed by atoms with E-state index in [0.29, 0.717) is 12.0 Å². The maximum Gasteiger partial charge on any atom is 0.236 e. The highest BCUT2D eigenvalue weighted by atomic mass is 16.2. The summed E-state index contributed by atoms with van der Waals surface area (Å²) in [7, 11) is 1.73. The van der Waals surface area contributed by atoms with Crippen LogP contribution >= 0.6 is 0 Å². The van der Waals surface area contributed by atoms with Gasteiger partial charge in [-0.2, -0.15) is 0 Å². The standard InChI is InChI=1S/C15H30N2O/c1-5-12-6-8-13(9-7-12)17-14(10-11(2)3)15(18)16-4/h11-14,17H,5-10H2,1-4H3,(H,16,18). The molecule has 1 unspecified atom stereocenters. The van der Waals surface area contributed by atoms with E-state index in [1.165, 1.54) is 32.1 Å². The fourth-order valence-electron chi connectivity index (χ4n) is 2.92. The number of likely N-dealkylation sites (N-methyl/N-ethyl adjacent to an activating group) is 1. The summed E-state index contributed by atoms with van der Waals surface area (Å²) in [5, 5.41) is 6.35. The monoisotopic (exact) mass is 254 g/mol. The van der Waals surface area contributed by atoms with Crippen LogP contribution in [-0.2, 0) is 4.79 Å². The Morgan fingerprint density at radius 3 is 2.28 bits per heavy atom. The Labute approximate surface area is 112 Å². The summed E-state index contributed by atoms with van der Waals surface area (Å²) in [6.07, 6.45) is 7.31. The fraction of sp³-hybridized carbons (Fsp3) is 0.933. The third-order valence-electron chi connectivity index (χ3n) is 4.13. The summed E-state index contributed by atoms with van der Waals surface area (Å²) in [5.41, 5.74) is 0. The van der Waals surface area contributed by atoms with Crippen LogP contribution in [0.4, 0.5) is 0 Å². The van der Waals surface area contributed by atoms with Crippen LogP contribution in [0.15, 0.2) is 0 Å². The van der Waals surface area contributed by atoms with E-state index < -0.39 is 0 Å². The quantitative estimate of drug-likeness (QED) is 0.765. The second kappa shape index (κ2) is 7.78. The number of carbonyl (C=O) groups excluding carboxylic acids is 1. The van der Waals surface area contributed by atoms with Crippen molar-refractivity contribution in [2.24, 2.45) is 11.8 Å². The molecule has 1 atom stereocenters. The normalized spacial score (nSPS) is 26.1. The minimum Gasteiger partial charge on any atom is -0.358 e. The summed E-state index contributed by atoms with van der Waals surface area (Å²) >= 11 is 0. The third kappa shape index (κ3) is 4.97. The molecule has 0 heterocycles. The van der Waals surface area contributed by atoms with Crippen LogP contribution in [0.2, 0.25) is 0 Å². The zero-order valence-corrected chi connectivity index (χ0v) is 12.5. The molecule has 0 saturated heterocycles. The van der Waals surface area contributed by atoms with Crippen molar-refractivity contribution in [2.45, 2.75) is 71.4 Å². The van der Waals surface area contributed by atoms with Crippen LogP contribution in [-0.4, -0.2) is 25.0 Å². The molecule has 106 valence electrons. The summed E-state index contributed by atoms with van der Waals surface area (Å²) in [6.45, 7) is 6.63. The first-order chi connectivity index (χ1) is 8.56. The molecule has 1 saturated carbocycles. The molecule has 2 N–H and O–H groups in total. The molecule has 0 radical (unpaired) electrons. The summed E-state index contributed by atoms with van der Waals surface area (Å²) < 4.78 is 0. The first-order valence-corrected chi connectivity index (χ1v) is 7.54. The van der Waals surface area contributed by atoms with E-state index in [4.69, 9.17) is 0 Å². The predicted molar refractivity (Wildman–Crippen MR) is 76.5 cm³/mol. The van der Waals surface area contributed by atoms with Crippen molar-refractivity contribution in [1.29, 1.82) is 0 Å². The molecule has 0 aliphatic heterocycles. The molecule has 0 aromatic heterocycles. The van der Waals surface area contributed by atoms with Gasteiger partial charge in [-0.05, 0) is 43.9 Å². The molecular formula is C15H30N2O. The largest absolute Gasteiger partial charge is 0.358 e. The summed E-state index contributed by atoms with van der Waals surface area (Å²) in [4.78, 5) is 11.9. The first kappa shape index (κ1) is 15.5. The van der Waals surface area contributed by atoms with Crippen molar-refractivity contribution in [3.8, 4) is 0 Å². The van der Waals surface area contributed by atoms with Crippen molar-refractivity contribution in [3.63, 3.8) is 0 Å². The summed E-state index contributed by atoms with van der Waals surface area (Å²) in [5.74, 6) is 1.60. The fourth-order valence-corrected chi connectivity index (χ4v) is 2.92. The lowest BCUT2D eigenvalue weighted by molar-refractivity contribution is -0.123. The molecule has 1 aliphatic rings. The highest BCUT2D eigenvalue weighted by Gasteiger charge is 2.25. The molecule has 3 heteroatoms. The molecular weight excluding hydrogens is 224 g/mol. The average molecular weight is 254 g/mol. The van der Waals surface area contributed by atoms with Gasteiger partial charge in [0, 0.05) is 13.1 Å². The van der Waals surface area contributed by atoms with E-state index in [1.807, 2.05) is 0 Å². The molecule has 1 amide bonds. The number of hydrogen-bond donors (Lipinski definition) is 2. The Morgan fingerprint density at radius 2 is 1.83 bits per heavy atom. The Hall–Kier alpha value is -0.570. The van der Waals surface area contributed by atoms with E-state index in [0.717, 1.165) is 12.3 Å². The van der Waals surface area contributed by atoms with Crippen molar-refractivity contribution < 1.29 is 4.79 Å². The van der Waals surface area contributed by atoms with E-state index in [1.54, 1.807) is 7.05 Å². The first-order valence-electron chi connectivity index (χ1n) is 7.54. The van der Waals surface area contributed by atoms with Gasteiger partial charge < -0.3 is 10.6 Å². The van der Waals surface area contributed by atoms with Crippen LogP contribution in [0, 0.1) is 11.8 Å². The molecule has 1 fully saturated rings. The van der Waals surface area contributed by atoms with Crippen LogP contribution in [0.3, 0.4) is 0 Å². The molecule has 0 aromatic carbocycles. The summed E-state index contributed by atoms with van der Waals surface area (Å²) in [6, 6.07) is 0.520. The number of nitrogens with one attached hydrogen (secondary N) is 2. The molecule has 18 heavy (non-hydrogen) atoms. The number of amides is 1. The molecule has 0 aromatic rings. The molecule has 0 bridgehead atoms. The van der Waals surface area contributed by atoms with E-state index in [2.05, 4.69) is 31.4 Å². The Morgan fingerprint density at radius 1 is 1.22 bits per heavy atom. The predicted octanol–water partition coefficient (Wildman–Crippen LogP) is 2.71. The zero-order valence-electron chi connectivity index (χ0n) is 12.5. The lowest BCUT2D eigenvalue weighted by atomic mass is 9.84. The third-order valence-corrected chi connectivity index (χ3v) is 4.13. The molecule has 0 spiro atoms. The molecule has 1 rings (SSSR count). The Kier molecular flexibility index (Phi) is 6.69. The van der Waals surface area contributed by atoms with E-state index in [-0.39, 0.29) is 11.9 Å². The van der Waals surface area contributed by atoms with Crippen molar-refractivity contribution in [2.75, 3.05) is 7.05 Å². The van der Waals surface area contributed by atoms with Crippen LogP contribution < -0.4 is 10.6 Å². The lowest BCUT2D eigenvalue weighted by Crippen LogP contribution is -2.49. The van der Waals surface area contributed by atoms with E-state index >= 15 is 0 Å². The molecule has 3 nitrogen and oxygen atoms in total. The van der Waals surface area contributed by atoms with Gasteiger partial charge in [0.05, 0.1) is 6.04 Å². The second-order valence-corrected chi connectivity index (χ2v) is 6.09. The highest BCUT2D eigenvalue weighted by Crippen LogP contribution is 2.27. The highest BCUT2D eigenvalue weighted by molar-refractivity contribution is 5.81. The topological polar surface area (TPSA) is 41.1 Å². The van der Waals surface area contributed by atoms with Gasteiger partial charge in [-0.1, -0.05) is 27.2 Å². The van der Waals surface area contributed by atoms with Gasteiger partial charge in [-0.25, -0.2) is 0 Å². The van der Waals surface area contributed by atoms with Gasteiger partial charge in [-0.3, -0.25) is 4.79 Å². The van der Waals surface area contributed by atoms with Gasteiger partial charge in [0.1, 0.15) is 0 Å². The minimum atomic E-state index is -0.0156. The second-order valence-electron chi connectivity index (χ2n) is 6.09. The van der Waals surface area contributed by atoms with Crippen LogP contribution in [0.5, 0.6) is 0 Å². The number of hydrogen-bond acceptors (Lipinski definition) is 2. The maximum atomic E-state index is 11.9. The van der Waals surface area contributed by atoms with Crippen LogP contribution in [0.1, 0.15) is 59.3 Å². The lowest BCUT2D eigenvalue weighted by Gasteiger charge is -2.31. The SMILES string of the molecule is CCC1CCC(NC(CC(C)C)C(=O)NC)CC1. The zero-order chi connectivity index (χ0) is 13.5. The van der Waals surface area contributed by atoms with Crippen LogP contribution in [0.25, 0.3) is 0 Å². The van der Waals surface area contributed by atoms with Crippen molar-refractivity contribution in [1.82, 2.24) is 10.6 Å². The van der Waals surface area contributed by atoms with Gasteiger partial charge in [0.25, 0.3) is 0 Å². The van der Waals surface area contributed by atoms with Crippen molar-refractivity contribution >= 4 is 5.91 Å². The van der Waals surface area contributed by atoms with Gasteiger partial charge in [-0.15, -0.1) is 0 Å². The maximum absolute atomic E-state index is 11.9. The average Bonchev–Trinajstić information content (AvgIpc) is 2.37. The van der Waals surface area contributed by atoms with Gasteiger partial charge >= 0.3 is 0 Å². The Bertz CT molecular complexity index is 245. The van der Waals surface area contributed by atoms with Gasteiger partial charge in [0.15, 0.2) is 0 Å². The van der Waals surface area contributed by atoms with Crippen molar-refractivity contribution in [3.05, 3.63) is 0 Å². The minimum absolute atomic E-state index is 0.0156. The Balaban J connectivity index is 2.43. The smallest absolute Gasteiger partial charge is 0.236 e. The van der Waals surface area contributed by atoms with Gasteiger partial charge in [0.2, 0.25) is 5.91 Å². The number of rotatable bonds is 6. The van der Waals surface area contributed by atoms with E-state index in [9.17, 15) is 4.79 Å². The molecule has 1 aliphatic carbocycles. The number of carbonyl (C=O) groups is 1.